The molecular formula is C5H6O5. The lowest BCUT2D eigenvalue weighted by Crippen LogP contribution is -2.26. The van der Waals surface area contributed by atoms with Gasteiger partial charge in [0.05, 0.1) is 7.11 Å². The number of aldehydes is 1. The highest BCUT2D eigenvalue weighted by Crippen LogP contribution is 1.87. The molecule has 10 heavy (non-hydrogen) atoms. The van der Waals surface area contributed by atoms with Crippen molar-refractivity contribution in [2.75, 3.05) is 7.11 Å². The highest BCUT2D eigenvalue weighted by molar-refractivity contribution is 5.91. The van der Waals surface area contributed by atoms with Gasteiger partial charge in [-0.1, -0.05) is 0 Å². The maximum atomic E-state index is 10.4. The number of hydrogen-bond donors (Lipinski definition) is 0. The number of carbonyl (C=O) groups excluding carboxylic acids is 3. The van der Waals surface area contributed by atoms with Crippen LogP contribution in [-0.4, -0.2) is 31.9 Å². The van der Waals surface area contributed by atoms with Gasteiger partial charge < -0.3 is 9.47 Å². The summed E-state index contributed by atoms with van der Waals surface area (Å²) in [5.41, 5.74) is 0. The zero-order valence-electron chi connectivity index (χ0n) is 5.27. The Kier molecular flexibility index (Phi) is 3.86. The van der Waals surface area contributed by atoms with Crippen LogP contribution in [0.5, 0.6) is 0 Å². The highest BCUT2D eigenvalue weighted by Gasteiger charge is 2.18. The molecule has 5 nitrogen and oxygen atoms in total. The molecule has 0 saturated carbocycles. The molecule has 5 heteroatoms. The van der Waals surface area contributed by atoms with Crippen LogP contribution in [0.2, 0.25) is 0 Å². The molecular weight excluding hydrogens is 140 g/mol. The number of carbonyl (C=O) groups is 3. The Labute approximate surface area is 56.9 Å². The normalized spacial score (nSPS) is 11.3. The Morgan fingerprint density at radius 1 is 1.50 bits per heavy atom. The third kappa shape index (κ3) is 2.25. The molecule has 0 rings (SSSR count). The van der Waals surface area contributed by atoms with Gasteiger partial charge >= 0.3 is 5.97 Å². The van der Waals surface area contributed by atoms with E-state index in [0.717, 1.165) is 7.11 Å². The number of ether oxygens (including phenoxy) is 2. The molecule has 0 fully saturated rings. The second kappa shape index (κ2) is 4.49. The first-order chi connectivity index (χ1) is 4.76. The minimum Gasteiger partial charge on any atom is -0.466 e. The molecule has 0 radical (unpaired) electrons. The van der Waals surface area contributed by atoms with Gasteiger partial charge in [-0.3, -0.25) is 9.59 Å². The van der Waals surface area contributed by atoms with Crippen molar-refractivity contribution < 1.29 is 23.9 Å². The second-order valence-electron chi connectivity index (χ2n) is 1.31. The molecule has 1 atom stereocenters. The second-order valence-corrected chi connectivity index (χ2v) is 1.31. The molecule has 0 aliphatic carbocycles. The summed E-state index contributed by atoms with van der Waals surface area (Å²) in [5, 5.41) is 0. The molecule has 0 aliphatic heterocycles. The van der Waals surface area contributed by atoms with Gasteiger partial charge in [0.1, 0.15) is 0 Å². The number of esters is 1. The van der Waals surface area contributed by atoms with Crippen LogP contribution in [0.15, 0.2) is 0 Å². The van der Waals surface area contributed by atoms with Crippen LogP contribution in [0, 0.1) is 0 Å². The highest BCUT2D eigenvalue weighted by atomic mass is 16.6. The fourth-order valence-corrected chi connectivity index (χ4v) is 0.319. The van der Waals surface area contributed by atoms with Gasteiger partial charge in [0.2, 0.25) is 0 Å². The van der Waals surface area contributed by atoms with Crippen molar-refractivity contribution in [1.82, 2.24) is 0 Å². The summed E-state index contributed by atoms with van der Waals surface area (Å²) in [6, 6.07) is 0. The summed E-state index contributed by atoms with van der Waals surface area (Å²) in [6.07, 6.45) is -1.25. The number of methoxy groups -OCH3 is 1. The van der Waals surface area contributed by atoms with Crippen LogP contribution < -0.4 is 0 Å². The maximum Gasteiger partial charge on any atom is 0.354 e. The van der Waals surface area contributed by atoms with Crippen LogP contribution in [0.4, 0.5) is 0 Å². The minimum absolute atomic E-state index is 0.00991. The molecule has 0 aromatic heterocycles. The van der Waals surface area contributed by atoms with E-state index in [1.807, 2.05) is 0 Å². The van der Waals surface area contributed by atoms with Crippen LogP contribution >= 0.6 is 0 Å². The third-order valence-corrected chi connectivity index (χ3v) is 0.759. The smallest absolute Gasteiger partial charge is 0.354 e. The molecule has 0 aromatic carbocycles. The van der Waals surface area contributed by atoms with E-state index in [1.54, 1.807) is 0 Å². The van der Waals surface area contributed by atoms with Crippen molar-refractivity contribution in [3.63, 3.8) is 0 Å². The predicted octanol–water partition coefficient (Wildman–Crippen LogP) is -1.10. The Morgan fingerprint density at radius 2 is 2.10 bits per heavy atom. The van der Waals surface area contributed by atoms with Crippen molar-refractivity contribution in [2.45, 2.75) is 6.10 Å². The molecule has 0 aromatic rings. The van der Waals surface area contributed by atoms with Crippen molar-refractivity contribution in [3.05, 3.63) is 0 Å². The molecule has 1 unspecified atom stereocenters. The topological polar surface area (TPSA) is 69.7 Å². The summed E-state index contributed by atoms with van der Waals surface area (Å²) in [7, 11) is 1.09. The monoisotopic (exact) mass is 146 g/mol. The van der Waals surface area contributed by atoms with E-state index in [9.17, 15) is 14.4 Å². The largest absolute Gasteiger partial charge is 0.466 e. The van der Waals surface area contributed by atoms with Crippen molar-refractivity contribution in [2.24, 2.45) is 0 Å². The van der Waals surface area contributed by atoms with Crippen molar-refractivity contribution >= 4 is 18.7 Å². The first-order valence-electron chi connectivity index (χ1n) is 2.38. The Morgan fingerprint density at radius 3 is 2.40 bits per heavy atom. The minimum atomic E-state index is -1.43. The van der Waals surface area contributed by atoms with E-state index in [4.69, 9.17) is 0 Å². The van der Waals surface area contributed by atoms with Gasteiger partial charge in [0.25, 0.3) is 12.6 Å². The van der Waals surface area contributed by atoms with Gasteiger partial charge in [-0.2, -0.15) is 0 Å². The summed E-state index contributed by atoms with van der Waals surface area (Å²) < 4.78 is 8.12. The van der Waals surface area contributed by atoms with Crippen LogP contribution in [0.1, 0.15) is 0 Å². The first kappa shape index (κ1) is 8.61. The van der Waals surface area contributed by atoms with E-state index in [-0.39, 0.29) is 12.8 Å². The first-order valence-corrected chi connectivity index (χ1v) is 2.38. The lowest BCUT2D eigenvalue weighted by molar-refractivity contribution is -0.160. The predicted molar refractivity (Wildman–Crippen MR) is 29.0 cm³/mol. The molecule has 0 heterocycles. The van der Waals surface area contributed by atoms with Crippen molar-refractivity contribution in [3.8, 4) is 0 Å². The lowest BCUT2D eigenvalue weighted by Gasteiger charge is -2.03. The molecule has 0 N–H and O–H groups in total. The SMILES string of the molecule is COC(=O)C(C=O)OC=O. The lowest BCUT2D eigenvalue weighted by atomic mass is 10.4. The Balaban J connectivity index is 3.91. The third-order valence-electron chi connectivity index (χ3n) is 0.759. The Hall–Kier alpha value is -1.39. The van der Waals surface area contributed by atoms with Crippen molar-refractivity contribution in [1.29, 1.82) is 0 Å². The van der Waals surface area contributed by atoms with E-state index in [0.29, 0.717) is 0 Å². The average molecular weight is 146 g/mol. The van der Waals surface area contributed by atoms with Crippen LogP contribution in [0.25, 0.3) is 0 Å². The fourth-order valence-electron chi connectivity index (χ4n) is 0.319. The maximum absolute atomic E-state index is 10.4. The quantitative estimate of drug-likeness (QED) is 0.286. The van der Waals surface area contributed by atoms with E-state index < -0.39 is 12.1 Å². The summed E-state index contributed by atoms with van der Waals surface area (Å²) >= 11 is 0. The van der Waals surface area contributed by atoms with Crippen LogP contribution in [-0.2, 0) is 23.9 Å². The van der Waals surface area contributed by atoms with Gasteiger partial charge in [-0.25, -0.2) is 4.79 Å². The molecule has 0 amide bonds. The summed E-state index contributed by atoms with van der Waals surface area (Å²) in [5.74, 6) is -0.887. The number of hydrogen-bond acceptors (Lipinski definition) is 5. The van der Waals surface area contributed by atoms with Gasteiger partial charge in [-0.15, -0.1) is 0 Å². The molecule has 0 aliphatic rings. The van der Waals surface area contributed by atoms with Gasteiger partial charge in [-0.05, 0) is 0 Å². The van der Waals surface area contributed by atoms with E-state index in [2.05, 4.69) is 9.47 Å². The number of rotatable bonds is 4. The van der Waals surface area contributed by atoms with Gasteiger partial charge in [0.15, 0.2) is 6.29 Å². The standard InChI is InChI=1S/C5H6O5/c1-9-5(8)4(2-6)10-3-7/h2-4H,1H3. The average Bonchev–Trinajstić information content (AvgIpc) is 1.99. The zero-order valence-corrected chi connectivity index (χ0v) is 5.27. The van der Waals surface area contributed by atoms with E-state index in [1.165, 1.54) is 0 Å². The summed E-state index contributed by atoms with van der Waals surface area (Å²) in [4.78, 5) is 29.9. The molecule has 0 spiro atoms. The summed E-state index contributed by atoms with van der Waals surface area (Å²) in [6.45, 7) is 0.00991. The zero-order chi connectivity index (χ0) is 7.98. The Bertz CT molecular complexity index is 141. The molecule has 56 valence electrons. The molecule has 0 saturated heterocycles. The van der Waals surface area contributed by atoms with Gasteiger partial charge in [0, 0.05) is 0 Å². The van der Waals surface area contributed by atoms with E-state index >= 15 is 0 Å². The fraction of sp³-hybridized carbons (Fsp3) is 0.400. The van der Waals surface area contributed by atoms with Crippen LogP contribution in [0.3, 0.4) is 0 Å². The molecule has 0 bridgehead atoms.